The summed E-state index contributed by atoms with van der Waals surface area (Å²) in [6, 6.07) is 6.42. The second kappa shape index (κ2) is 7.69. The largest absolute Gasteiger partial charge is 0.378 e. The summed E-state index contributed by atoms with van der Waals surface area (Å²) in [5.74, 6) is 1.10. The molecule has 0 saturated carbocycles. The summed E-state index contributed by atoms with van der Waals surface area (Å²) in [6.07, 6.45) is 0.798. The van der Waals surface area contributed by atoms with Crippen LogP contribution in [-0.2, 0) is 22.4 Å². The molecule has 2 saturated heterocycles. The molecule has 140 valence electrons. The van der Waals surface area contributed by atoms with Gasteiger partial charge in [0.2, 0.25) is 5.89 Å². The van der Waals surface area contributed by atoms with Gasteiger partial charge in [-0.2, -0.15) is 4.98 Å². The highest BCUT2D eigenvalue weighted by molar-refractivity contribution is 5.44. The van der Waals surface area contributed by atoms with Crippen LogP contribution in [0.15, 0.2) is 28.8 Å². The molecule has 2 aliphatic heterocycles. The number of halogens is 1. The lowest BCUT2D eigenvalue weighted by Gasteiger charge is -2.19. The van der Waals surface area contributed by atoms with Gasteiger partial charge in [-0.25, -0.2) is 4.39 Å². The molecule has 3 heterocycles. The number of likely N-dealkylation sites (tertiary alicyclic amines) is 1. The Morgan fingerprint density at radius 2 is 2.00 bits per heavy atom. The van der Waals surface area contributed by atoms with E-state index in [1.165, 1.54) is 12.1 Å². The molecule has 0 bridgehead atoms. The molecule has 2 fully saturated rings. The Hall–Kier alpha value is -2.03. The Labute approximate surface area is 151 Å². The Bertz CT molecular complexity index is 725. The molecular weight excluding hydrogens is 339 g/mol. The second-order valence-corrected chi connectivity index (χ2v) is 6.75. The van der Waals surface area contributed by atoms with Crippen molar-refractivity contribution in [3.63, 3.8) is 0 Å². The van der Waals surface area contributed by atoms with Crippen LogP contribution < -0.4 is 5.32 Å². The number of aromatic nitrogens is 2. The maximum absolute atomic E-state index is 13.3. The van der Waals surface area contributed by atoms with E-state index >= 15 is 0 Å². The van der Waals surface area contributed by atoms with Crippen LogP contribution in [0.1, 0.15) is 18.6 Å². The standard InChI is InChI=1S/C18H23FN4O3/c1-2-17-21-18(26-22-17)9-23-7-15-16(8-23)25-11-14(10-24-15)20-13-5-3-4-12(19)6-13/h3-6,14-16,20H,2,7-11H2,1H3/t15-,16-/m0/s1. The molecule has 0 amide bonds. The summed E-state index contributed by atoms with van der Waals surface area (Å²) >= 11 is 0. The number of hydrogen-bond acceptors (Lipinski definition) is 7. The van der Waals surface area contributed by atoms with E-state index in [1.54, 1.807) is 6.07 Å². The number of hydrogen-bond donors (Lipinski definition) is 1. The van der Waals surface area contributed by atoms with Crippen molar-refractivity contribution in [1.82, 2.24) is 15.0 Å². The predicted molar refractivity (Wildman–Crippen MR) is 92.2 cm³/mol. The van der Waals surface area contributed by atoms with E-state index in [2.05, 4.69) is 20.4 Å². The minimum absolute atomic E-state index is 0.00102. The van der Waals surface area contributed by atoms with Crippen molar-refractivity contribution < 1.29 is 18.4 Å². The van der Waals surface area contributed by atoms with Crippen molar-refractivity contribution >= 4 is 5.69 Å². The molecule has 0 aliphatic carbocycles. The second-order valence-electron chi connectivity index (χ2n) is 6.75. The van der Waals surface area contributed by atoms with Gasteiger partial charge in [0.05, 0.1) is 38.0 Å². The fourth-order valence-corrected chi connectivity index (χ4v) is 3.38. The van der Waals surface area contributed by atoms with Crippen LogP contribution in [0.5, 0.6) is 0 Å². The Kier molecular flexibility index (Phi) is 5.14. The van der Waals surface area contributed by atoms with Gasteiger partial charge in [0.15, 0.2) is 5.82 Å². The third-order valence-electron chi connectivity index (χ3n) is 4.69. The number of benzene rings is 1. The van der Waals surface area contributed by atoms with Crippen LogP contribution in [-0.4, -0.2) is 59.6 Å². The van der Waals surface area contributed by atoms with Crippen molar-refractivity contribution in [2.24, 2.45) is 0 Å². The highest BCUT2D eigenvalue weighted by Crippen LogP contribution is 2.23. The van der Waals surface area contributed by atoms with Crippen molar-refractivity contribution in [3.05, 3.63) is 41.8 Å². The molecule has 2 aromatic rings. The van der Waals surface area contributed by atoms with E-state index in [1.807, 2.05) is 13.0 Å². The van der Waals surface area contributed by atoms with Gasteiger partial charge in [-0.05, 0) is 18.2 Å². The lowest BCUT2D eigenvalue weighted by atomic mass is 10.2. The summed E-state index contributed by atoms with van der Waals surface area (Å²) in [6.45, 7) is 5.18. The first-order chi connectivity index (χ1) is 12.7. The van der Waals surface area contributed by atoms with Gasteiger partial charge < -0.3 is 19.3 Å². The van der Waals surface area contributed by atoms with Crippen LogP contribution in [0.2, 0.25) is 0 Å². The molecule has 4 rings (SSSR count). The third kappa shape index (κ3) is 4.03. The van der Waals surface area contributed by atoms with Crippen LogP contribution in [0.3, 0.4) is 0 Å². The SMILES string of the molecule is CCc1noc(CN2C[C@@H]3OCC(Nc4cccc(F)c4)CO[C@H]3C2)n1. The van der Waals surface area contributed by atoms with Gasteiger partial charge in [0.25, 0.3) is 0 Å². The molecule has 7 nitrogen and oxygen atoms in total. The van der Waals surface area contributed by atoms with Gasteiger partial charge in [-0.1, -0.05) is 18.1 Å². The first kappa shape index (κ1) is 17.4. The van der Waals surface area contributed by atoms with Gasteiger partial charge >= 0.3 is 0 Å². The summed E-state index contributed by atoms with van der Waals surface area (Å²) in [4.78, 5) is 6.56. The first-order valence-corrected chi connectivity index (χ1v) is 8.98. The summed E-state index contributed by atoms with van der Waals surface area (Å²) in [5.41, 5.74) is 0.735. The number of nitrogens with one attached hydrogen (secondary N) is 1. The molecule has 0 unspecified atom stereocenters. The van der Waals surface area contributed by atoms with Gasteiger partial charge in [0.1, 0.15) is 5.82 Å². The van der Waals surface area contributed by atoms with Crippen LogP contribution in [0.25, 0.3) is 0 Å². The summed E-state index contributed by atoms with van der Waals surface area (Å²) in [7, 11) is 0. The molecule has 8 heteroatoms. The average Bonchev–Trinajstić information content (AvgIpc) is 3.20. The van der Waals surface area contributed by atoms with Gasteiger partial charge in [-0.15, -0.1) is 0 Å². The zero-order chi connectivity index (χ0) is 17.9. The molecule has 2 aliphatic rings. The zero-order valence-corrected chi connectivity index (χ0v) is 14.7. The fraction of sp³-hybridized carbons (Fsp3) is 0.556. The lowest BCUT2D eigenvalue weighted by molar-refractivity contribution is -0.00461. The molecule has 1 aromatic heterocycles. The van der Waals surface area contributed by atoms with Gasteiger partial charge in [0, 0.05) is 25.2 Å². The average molecular weight is 362 g/mol. The number of anilines is 1. The topological polar surface area (TPSA) is 72.7 Å². The molecule has 0 radical (unpaired) electrons. The highest BCUT2D eigenvalue weighted by Gasteiger charge is 2.37. The lowest BCUT2D eigenvalue weighted by Crippen LogP contribution is -2.31. The van der Waals surface area contributed by atoms with Crippen molar-refractivity contribution in [2.45, 2.75) is 38.1 Å². The molecule has 0 spiro atoms. The van der Waals surface area contributed by atoms with E-state index in [9.17, 15) is 4.39 Å². The number of rotatable bonds is 5. The minimum Gasteiger partial charge on any atom is -0.378 e. The van der Waals surface area contributed by atoms with E-state index in [0.29, 0.717) is 25.6 Å². The maximum Gasteiger partial charge on any atom is 0.240 e. The molecule has 1 aromatic carbocycles. The first-order valence-electron chi connectivity index (χ1n) is 8.98. The Morgan fingerprint density at radius 1 is 1.23 bits per heavy atom. The smallest absolute Gasteiger partial charge is 0.240 e. The quantitative estimate of drug-likeness (QED) is 0.870. The van der Waals surface area contributed by atoms with Crippen LogP contribution in [0.4, 0.5) is 10.1 Å². The number of nitrogens with zero attached hydrogens (tertiary/aromatic N) is 3. The van der Waals surface area contributed by atoms with Crippen molar-refractivity contribution in [3.8, 4) is 0 Å². The molecule has 1 N–H and O–H groups in total. The predicted octanol–water partition coefficient (Wildman–Crippen LogP) is 1.85. The normalized spacial score (nSPS) is 24.4. The third-order valence-corrected chi connectivity index (χ3v) is 4.69. The highest BCUT2D eigenvalue weighted by atomic mass is 19.1. The Morgan fingerprint density at radius 3 is 2.65 bits per heavy atom. The van der Waals surface area contributed by atoms with E-state index in [0.717, 1.165) is 31.0 Å². The van der Waals surface area contributed by atoms with Crippen molar-refractivity contribution in [2.75, 3.05) is 31.6 Å². The molecule has 26 heavy (non-hydrogen) atoms. The van der Waals surface area contributed by atoms with Gasteiger partial charge in [-0.3, -0.25) is 4.90 Å². The fourth-order valence-electron chi connectivity index (χ4n) is 3.38. The Balaban J connectivity index is 1.30. The van der Waals surface area contributed by atoms with E-state index in [4.69, 9.17) is 14.0 Å². The maximum atomic E-state index is 13.3. The molecule has 2 atom stereocenters. The number of fused-ring (bicyclic) bond motifs is 1. The minimum atomic E-state index is -0.259. The van der Waals surface area contributed by atoms with E-state index in [-0.39, 0.29) is 24.1 Å². The molecular formula is C18H23FN4O3. The van der Waals surface area contributed by atoms with E-state index < -0.39 is 0 Å². The number of aryl methyl sites for hydroxylation is 1. The number of ether oxygens (including phenoxy) is 2. The van der Waals surface area contributed by atoms with Crippen LogP contribution >= 0.6 is 0 Å². The monoisotopic (exact) mass is 362 g/mol. The summed E-state index contributed by atoms with van der Waals surface area (Å²) in [5, 5.41) is 7.20. The zero-order valence-electron chi connectivity index (χ0n) is 14.7. The van der Waals surface area contributed by atoms with Crippen molar-refractivity contribution in [1.29, 1.82) is 0 Å². The van der Waals surface area contributed by atoms with Crippen LogP contribution in [0, 0.1) is 5.82 Å². The summed E-state index contributed by atoms with van der Waals surface area (Å²) < 4.78 is 30.7.